The van der Waals surface area contributed by atoms with Crippen molar-refractivity contribution in [3.05, 3.63) is 131 Å². The molecule has 0 N–H and O–H groups in total. The minimum absolute atomic E-state index is 0.113. The summed E-state index contributed by atoms with van der Waals surface area (Å²) >= 11 is 0. The zero-order valence-corrected chi connectivity index (χ0v) is 18.3. The summed E-state index contributed by atoms with van der Waals surface area (Å²) in [6, 6.07) is 40.2. The molecule has 4 heteroatoms. The lowest BCUT2D eigenvalue weighted by Crippen LogP contribution is -1.94. The number of para-hydroxylation sites is 2. The molecule has 1 aromatic heterocycles. The Hall–Kier alpha value is -4.70. The van der Waals surface area contributed by atoms with Gasteiger partial charge in [0.25, 0.3) is 5.69 Å². The number of hydrogen-bond donors (Lipinski definition) is 0. The van der Waals surface area contributed by atoms with E-state index in [1.165, 1.54) is 11.1 Å². The van der Waals surface area contributed by atoms with Crippen molar-refractivity contribution in [2.75, 3.05) is 0 Å². The summed E-state index contributed by atoms with van der Waals surface area (Å²) in [5.74, 6) is 0. The van der Waals surface area contributed by atoms with Crippen LogP contribution in [0.15, 0.2) is 121 Å². The van der Waals surface area contributed by atoms with Crippen LogP contribution in [0.1, 0.15) is 0 Å². The van der Waals surface area contributed by atoms with Gasteiger partial charge in [0.1, 0.15) is 0 Å². The van der Waals surface area contributed by atoms with Gasteiger partial charge in [-0.25, -0.2) is 0 Å². The van der Waals surface area contributed by atoms with Gasteiger partial charge >= 0.3 is 0 Å². The molecule has 0 radical (unpaired) electrons. The number of nitro groups is 1. The molecule has 0 spiro atoms. The van der Waals surface area contributed by atoms with Crippen molar-refractivity contribution in [2.45, 2.75) is 0 Å². The first-order valence-electron chi connectivity index (χ1n) is 11.1. The largest absolute Gasteiger partial charge is 0.309 e. The van der Waals surface area contributed by atoms with Gasteiger partial charge in [0.2, 0.25) is 0 Å². The fourth-order valence-electron chi connectivity index (χ4n) is 4.73. The summed E-state index contributed by atoms with van der Waals surface area (Å²) in [6.07, 6.45) is 0. The normalized spacial score (nSPS) is 11.2. The molecule has 0 fully saturated rings. The van der Waals surface area contributed by atoms with Gasteiger partial charge in [0, 0.05) is 22.5 Å². The summed E-state index contributed by atoms with van der Waals surface area (Å²) in [5.41, 5.74) is 7.17. The molecule has 0 saturated heterocycles. The van der Waals surface area contributed by atoms with Crippen LogP contribution in [0.2, 0.25) is 0 Å². The smallest absolute Gasteiger partial charge is 0.277 e. The Bertz CT molecular complexity index is 1670. The predicted octanol–water partition coefficient (Wildman–Crippen LogP) is 8.03. The fourth-order valence-corrected chi connectivity index (χ4v) is 4.73. The molecule has 0 aliphatic heterocycles. The van der Waals surface area contributed by atoms with E-state index in [-0.39, 0.29) is 10.6 Å². The van der Waals surface area contributed by atoms with E-state index >= 15 is 0 Å². The van der Waals surface area contributed by atoms with Crippen LogP contribution in [0.25, 0.3) is 49.7 Å². The summed E-state index contributed by atoms with van der Waals surface area (Å²) in [7, 11) is 0. The summed E-state index contributed by atoms with van der Waals surface area (Å²) < 4.78 is 2.25. The van der Waals surface area contributed by atoms with E-state index in [0.717, 1.165) is 33.1 Å². The van der Waals surface area contributed by atoms with Crippen molar-refractivity contribution >= 4 is 27.5 Å². The number of aromatic nitrogens is 1. The highest BCUT2D eigenvalue weighted by Gasteiger charge is 2.17. The topological polar surface area (TPSA) is 48.1 Å². The lowest BCUT2D eigenvalue weighted by molar-refractivity contribution is -0.384. The molecule has 34 heavy (non-hydrogen) atoms. The van der Waals surface area contributed by atoms with Crippen LogP contribution in [0.4, 0.5) is 5.69 Å². The van der Waals surface area contributed by atoms with E-state index in [1.54, 1.807) is 18.2 Å². The van der Waals surface area contributed by atoms with Crippen molar-refractivity contribution in [1.82, 2.24) is 4.57 Å². The zero-order chi connectivity index (χ0) is 23.1. The van der Waals surface area contributed by atoms with Gasteiger partial charge in [0.15, 0.2) is 0 Å². The number of nitrogens with zero attached hydrogens (tertiary/aromatic N) is 2. The van der Waals surface area contributed by atoms with E-state index in [2.05, 4.69) is 65.2 Å². The minimum atomic E-state index is -0.322. The van der Waals surface area contributed by atoms with Crippen molar-refractivity contribution in [2.24, 2.45) is 0 Å². The molecule has 0 atom stereocenters. The molecule has 0 saturated carbocycles. The van der Waals surface area contributed by atoms with Gasteiger partial charge in [-0.05, 0) is 53.1 Å². The lowest BCUT2D eigenvalue weighted by Gasteiger charge is -2.10. The standard InChI is InChI=1S/C30H20N2O2/c33-32(34)30-13-7-4-10-25(30)23-16-19-29-27(20-23)26-11-5-6-12-28(26)31(29)24-17-14-22(15-18-24)21-8-2-1-3-9-21/h1-20H. The van der Waals surface area contributed by atoms with Gasteiger partial charge in [-0.1, -0.05) is 78.9 Å². The Balaban J connectivity index is 1.54. The van der Waals surface area contributed by atoms with Crippen molar-refractivity contribution in [3.63, 3.8) is 0 Å². The van der Waals surface area contributed by atoms with Crippen LogP contribution in [0.5, 0.6) is 0 Å². The van der Waals surface area contributed by atoms with Gasteiger partial charge in [-0.15, -0.1) is 0 Å². The molecular formula is C30H20N2O2. The third-order valence-corrected chi connectivity index (χ3v) is 6.32. The highest BCUT2D eigenvalue weighted by molar-refractivity contribution is 6.10. The minimum Gasteiger partial charge on any atom is -0.309 e. The van der Waals surface area contributed by atoms with Crippen LogP contribution >= 0.6 is 0 Å². The third-order valence-electron chi connectivity index (χ3n) is 6.32. The van der Waals surface area contributed by atoms with E-state index in [4.69, 9.17) is 0 Å². The third kappa shape index (κ3) is 3.24. The van der Waals surface area contributed by atoms with Crippen LogP contribution < -0.4 is 0 Å². The van der Waals surface area contributed by atoms with Gasteiger partial charge in [-0.2, -0.15) is 0 Å². The number of rotatable bonds is 4. The monoisotopic (exact) mass is 440 g/mol. The Morgan fingerprint density at radius 2 is 1.18 bits per heavy atom. The Labute approximate surface area is 196 Å². The highest BCUT2D eigenvalue weighted by Crippen LogP contribution is 2.37. The first-order chi connectivity index (χ1) is 16.7. The first-order valence-corrected chi connectivity index (χ1v) is 11.1. The molecule has 6 aromatic rings. The van der Waals surface area contributed by atoms with Crippen LogP contribution in [0.3, 0.4) is 0 Å². The number of benzene rings is 5. The van der Waals surface area contributed by atoms with Crippen LogP contribution in [-0.4, -0.2) is 9.49 Å². The number of fused-ring (bicyclic) bond motifs is 3. The second kappa shape index (κ2) is 8.01. The van der Waals surface area contributed by atoms with Gasteiger partial charge < -0.3 is 4.57 Å². The van der Waals surface area contributed by atoms with E-state index in [1.807, 2.05) is 42.5 Å². The number of nitro benzene ring substituents is 1. The first kappa shape index (κ1) is 19.9. The second-order valence-corrected chi connectivity index (χ2v) is 8.27. The summed E-state index contributed by atoms with van der Waals surface area (Å²) in [4.78, 5) is 11.3. The van der Waals surface area contributed by atoms with Crippen molar-refractivity contribution in [3.8, 4) is 27.9 Å². The number of hydrogen-bond acceptors (Lipinski definition) is 2. The summed E-state index contributed by atoms with van der Waals surface area (Å²) in [5, 5.41) is 13.8. The lowest BCUT2D eigenvalue weighted by atomic mass is 10.0. The zero-order valence-electron chi connectivity index (χ0n) is 18.3. The SMILES string of the molecule is O=[N+]([O-])c1ccccc1-c1ccc2c(c1)c1ccccc1n2-c1ccc(-c2ccccc2)cc1. The maximum absolute atomic E-state index is 11.6. The molecule has 0 bridgehead atoms. The molecular weight excluding hydrogens is 420 g/mol. The molecule has 0 unspecified atom stereocenters. The van der Waals surface area contributed by atoms with Crippen molar-refractivity contribution < 1.29 is 4.92 Å². The molecule has 4 nitrogen and oxygen atoms in total. The van der Waals surface area contributed by atoms with Crippen LogP contribution in [-0.2, 0) is 0 Å². The Kier molecular flexibility index (Phi) is 4.70. The van der Waals surface area contributed by atoms with Gasteiger partial charge in [0.05, 0.1) is 21.5 Å². The molecule has 0 aliphatic rings. The molecule has 6 rings (SSSR count). The maximum atomic E-state index is 11.6. The quantitative estimate of drug-likeness (QED) is 0.206. The molecule has 5 aromatic carbocycles. The maximum Gasteiger partial charge on any atom is 0.277 e. The van der Waals surface area contributed by atoms with E-state index in [0.29, 0.717) is 5.56 Å². The molecule has 0 aliphatic carbocycles. The molecule has 0 amide bonds. The highest BCUT2D eigenvalue weighted by atomic mass is 16.6. The fraction of sp³-hybridized carbons (Fsp3) is 0. The molecule has 162 valence electrons. The molecule has 1 heterocycles. The van der Waals surface area contributed by atoms with Crippen LogP contribution in [0, 0.1) is 10.1 Å². The van der Waals surface area contributed by atoms with E-state index in [9.17, 15) is 10.1 Å². The van der Waals surface area contributed by atoms with E-state index < -0.39 is 0 Å². The average Bonchev–Trinajstić information content (AvgIpc) is 3.23. The predicted molar refractivity (Wildman–Crippen MR) is 138 cm³/mol. The average molecular weight is 441 g/mol. The van der Waals surface area contributed by atoms with Gasteiger partial charge in [-0.3, -0.25) is 10.1 Å². The Morgan fingerprint density at radius 3 is 1.97 bits per heavy atom. The van der Waals surface area contributed by atoms with Crippen molar-refractivity contribution in [1.29, 1.82) is 0 Å². The Morgan fingerprint density at radius 1 is 0.559 bits per heavy atom. The second-order valence-electron chi connectivity index (χ2n) is 8.27. The summed E-state index contributed by atoms with van der Waals surface area (Å²) in [6.45, 7) is 0.